The van der Waals surface area contributed by atoms with Crippen LogP contribution in [-0.4, -0.2) is 42.2 Å². The van der Waals surface area contributed by atoms with Gasteiger partial charge in [-0.1, -0.05) is 42.5 Å². The van der Waals surface area contributed by atoms with E-state index in [-0.39, 0.29) is 17.5 Å². The Morgan fingerprint density at radius 3 is 2.71 bits per heavy atom. The largest absolute Gasteiger partial charge is 0.484 e. The van der Waals surface area contributed by atoms with E-state index in [4.69, 9.17) is 9.47 Å². The monoisotopic (exact) mass is 328 g/mol. The molecule has 1 aliphatic rings. The molecule has 6 heteroatoms. The molecule has 3 rings (SSSR count). The number of rotatable bonds is 6. The fourth-order valence-electron chi connectivity index (χ4n) is 2.78. The van der Waals surface area contributed by atoms with E-state index in [9.17, 15) is 10.1 Å². The smallest absolute Gasteiger partial charge is 0.310 e. The highest BCUT2D eigenvalue weighted by Crippen LogP contribution is 2.26. The third kappa shape index (κ3) is 4.31. The lowest BCUT2D eigenvalue weighted by Crippen LogP contribution is -2.44. The van der Waals surface area contributed by atoms with E-state index in [2.05, 4.69) is 17.0 Å². The first-order valence-corrected chi connectivity index (χ1v) is 7.96. The lowest BCUT2D eigenvalue weighted by Gasteiger charge is -2.32. The third-order valence-corrected chi connectivity index (χ3v) is 3.96. The first-order chi connectivity index (χ1) is 11.7. The first-order valence-electron chi connectivity index (χ1n) is 7.96. The molecule has 1 saturated heterocycles. The lowest BCUT2D eigenvalue weighted by atomic mass is 10.2. The number of morpholine rings is 1. The molecule has 0 N–H and O–H groups in total. The molecule has 0 spiro atoms. The Morgan fingerprint density at radius 2 is 1.92 bits per heavy atom. The number of hydrogen-bond acceptors (Lipinski definition) is 5. The number of ether oxygens (including phenoxy) is 2. The van der Waals surface area contributed by atoms with E-state index in [1.54, 1.807) is 18.2 Å². The molecule has 2 aromatic carbocycles. The average Bonchev–Trinajstić information content (AvgIpc) is 2.61. The highest BCUT2D eigenvalue weighted by atomic mass is 16.6. The van der Waals surface area contributed by atoms with Gasteiger partial charge >= 0.3 is 5.69 Å². The quantitative estimate of drug-likeness (QED) is 0.602. The van der Waals surface area contributed by atoms with E-state index >= 15 is 0 Å². The number of nitro benzene ring substituents is 1. The first kappa shape index (κ1) is 16.4. The van der Waals surface area contributed by atoms with Crippen molar-refractivity contribution in [3.63, 3.8) is 0 Å². The van der Waals surface area contributed by atoms with Crippen molar-refractivity contribution in [2.24, 2.45) is 0 Å². The summed E-state index contributed by atoms with van der Waals surface area (Å²) in [6, 6.07) is 16.7. The van der Waals surface area contributed by atoms with Crippen LogP contribution < -0.4 is 4.74 Å². The van der Waals surface area contributed by atoms with Crippen molar-refractivity contribution < 1.29 is 14.4 Å². The summed E-state index contributed by atoms with van der Waals surface area (Å²) in [5.41, 5.74) is 1.24. The van der Waals surface area contributed by atoms with Crippen LogP contribution in [0, 0.1) is 10.1 Å². The van der Waals surface area contributed by atoms with E-state index in [0.29, 0.717) is 13.2 Å². The maximum absolute atomic E-state index is 11.0. The van der Waals surface area contributed by atoms with Crippen LogP contribution in [0.25, 0.3) is 0 Å². The molecular weight excluding hydrogens is 308 g/mol. The Balaban J connectivity index is 1.55. The van der Waals surface area contributed by atoms with Gasteiger partial charge in [-0.25, -0.2) is 0 Å². The van der Waals surface area contributed by atoms with E-state index in [0.717, 1.165) is 19.6 Å². The van der Waals surface area contributed by atoms with Crippen molar-refractivity contribution in [3.05, 3.63) is 70.3 Å². The SMILES string of the molecule is O=[N+]([O-])c1ccccc1OC[C@H]1CN(Cc2ccccc2)CCO1. The van der Waals surface area contributed by atoms with Gasteiger partial charge in [-0.15, -0.1) is 0 Å². The van der Waals surface area contributed by atoms with Gasteiger partial charge in [0.1, 0.15) is 12.7 Å². The van der Waals surface area contributed by atoms with Crippen LogP contribution in [0.1, 0.15) is 5.56 Å². The maximum Gasteiger partial charge on any atom is 0.310 e. The Morgan fingerprint density at radius 1 is 1.17 bits per heavy atom. The van der Waals surface area contributed by atoms with Crippen molar-refractivity contribution in [3.8, 4) is 5.75 Å². The van der Waals surface area contributed by atoms with Crippen LogP contribution in [0.15, 0.2) is 54.6 Å². The topological polar surface area (TPSA) is 64.8 Å². The Labute approximate surface area is 140 Å². The van der Waals surface area contributed by atoms with Crippen LogP contribution in [0.2, 0.25) is 0 Å². The summed E-state index contributed by atoms with van der Waals surface area (Å²) in [6.45, 7) is 3.42. The second-order valence-electron chi connectivity index (χ2n) is 5.75. The summed E-state index contributed by atoms with van der Waals surface area (Å²) < 4.78 is 11.4. The van der Waals surface area contributed by atoms with Crippen molar-refractivity contribution in [2.45, 2.75) is 12.6 Å². The molecule has 1 fully saturated rings. The van der Waals surface area contributed by atoms with Crippen molar-refractivity contribution >= 4 is 5.69 Å². The molecule has 0 saturated carbocycles. The lowest BCUT2D eigenvalue weighted by molar-refractivity contribution is -0.385. The molecule has 0 aromatic heterocycles. The zero-order chi connectivity index (χ0) is 16.8. The fourth-order valence-corrected chi connectivity index (χ4v) is 2.78. The minimum atomic E-state index is -0.432. The van der Waals surface area contributed by atoms with Gasteiger partial charge < -0.3 is 9.47 Å². The molecule has 6 nitrogen and oxygen atoms in total. The predicted octanol–water partition coefficient (Wildman–Crippen LogP) is 2.87. The second kappa shape index (κ2) is 7.90. The normalized spacial score (nSPS) is 18.2. The minimum absolute atomic E-state index is 0.0190. The summed E-state index contributed by atoms with van der Waals surface area (Å²) in [5.74, 6) is 0.284. The predicted molar refractivity (Wildman–Crippen MR) is 90.1 cm³/mol. The molecule has 0 unspecified atom stereocenters. The molecule has 0 aliphatic carbocycles. The number of benzene rings is 2. The van der Waals surface area contributed by atoms with Crippen molar-refractivity contribution in [1.82, 2.24) is 4.90 Å². The van der Waals surface area contributed by atoms with Gasteiger partial charge in [0.05, 0.1) is 11.5 Å². The van der Waals surface area contributed by atoms with Gasteiger partial charge in [-0.2, -0.15) is 0 Å². The third-order valence-electron chi connectivity index (χ3n) is 3.96. The van der Waals surface area contributed by atoms with Gasteiger partial charge in [0.25, 0.3) is 0 Å². The Hall–Kier alpha value is -2.44. The Bertz CT molecular complexity index is 678. The molecule has 0 bridgehead atoms. The highest BCUT2D eigenvalue weighted by molar-refractivity contribution is 5.45. The summed E-state index contributed by atoms with van der Waals surface area (Å²) in [5, 5.41) is 11.0. The zero-order valence-electron chi connectivity index (χ0n) is 13.3. The Kier molecular flexibility index (Phi) is 5.40. The van der Waals surface area contributed by atoms with Crippen LogP contribution in [0.4, 0.5) is 5.69 Å². The number of nitrogens with zero attached hydrogens (tertiary/aromatic N) is 2. The number of nitro groups is 1. The summed E-state index contributed by atoms with van der Waals surface area (Å²) >= 11 is 0. The van der Waals surface area contributed by atoms with E-state index in [1.807, 2.05) is 18.2 Å². The summed E-state index contributed by atoms with van der Waals surface area (Å²) in [6.07, 6.45) is -0.0951. The van der Waals surface area contributed by atoms with Gasteiger partial charge in [0.2, 0.25) is 0 Å². The molecule has 1 aliphatic heterocycles. The van der Waals surface area contributed by atoms with E-state index in [1.165, 1.54) is 11.6 Å². The summed E-state index contributed by atoms with van der Waals surface area (Å²) in [7, 11) is 0. The molecule has 126 valence electrons. The molecule has 0 amide bonds. The standard InChI is InChI=1S/C18H20N2O4/c21-20(22)17-8-4-5-9-18(17)24-14-16-13-19(10-11-23-16)12-15-6-2-1-3-7-15/h1-9,16H,10-14H2/t16-/m1/s1. The minimum Gasteiger partial charge on any atom is -0.484 e. The molecular formula is C18H20N2O4. The highest BCUT2D eigenvalue weighted by Gasteiger charge is 2.22. The van der Waals surface area contributed by atoms with Gasteiger partial charge in [0.15, 0.2) is 5.75 Å². The van der Waals surface area contributed by atoms with Crippen LogP contribution >= 0.6 is 0 Å². The van der Waals surface area contributed by atoms with Crippen LogP contribution in [-0.2, 0) is 11.3 Å². The van der Waals surface area contributed by atoms with E-state index < -0.39 is 4.92 Å². The maximum atomic E-state index is 11.0. The van der Waals surface area contributed by atoms with Crippen molar-refractivity contribution in [1.29, 1.82) is 0 Å². The molecule has 1 atom stereocenters. The molecule has 0 radical (unpaired) electrons. The molecule has 2 aromatic rings. The van der Waals surface area contributed by atoms with Crippen LogP contribution in [0.3, 0.4) is 0 Å². The fraction of sp³-hybridized carbons (Fsp3) is 0.333. The van der Waals surface area contributed by atoms with Crippen molar-refractivity contribution in [2.75, 3.05) is 26.3 Å². The average molecular weight is 328 g/mol. The molecule has 24 heavy (non-hydrogen) atoms. The molecule has 1 heterocycles. The van der Waals surface area contributed by atoms with Gasteiger partial charge in [-0.3, -0.25) is 15.0 Å². The number of hydrogen-bond donors (Lipinski definition) is 0. The van der Waals surface area contributed by atoms with Gasteiger partial charge in [0, 0.05) is 25.7 Å². The van der Waals surface area contributed by atoms with Gasteiger partial charge in [-0.05, 0) is 11.6 Å². The summed E-state index contributed by atoms with van der Waals surface area (Å²) in [4.78, 5) is 12.9. The zero-order valence-corrected chi connectivity index (χ0v) is 13.3. The number of para-hydroxylation sites is 2. The van der Waals surface area contributed by atoms with Crippen LogP contribution in [0.5, 0.6) is 5.75 Å². The second-order valence-corrected chi connectivity index (χ2v) is 5.75.